The number of hydrazine groups is 1. The lowest BCUT2D eigenvalue weighted by Gasteiger charge is -2.17. The molecule has 1 aromatic heterocycles. The number of nitrogens with one attached hydrogen (secondary N) is 1. The smallest absolute Gasteiger partial charge is 0.406 e. The first-order valence-electron chi connectivity index (χ1n) is 9.30. The summed E-state index contributed by atoms with van der Waals surface area (Å²) in [5.41, 5.74) is 8.81. The van der Waals surface area contributed by atoms with Crippen molar-refractivity contribution in [3.8, 4) is 5.75 Å². The first kappa shape index (κ1) is 22.7. The molecule has 0 aliphatic rings. The Labute approximate surface area is 181 Å². The molecule has 0 radical (unpaired) electrons. The molecule has 0 atom stereocenters. The number of anilines is 2. The Morgan fingerprint density at radius 2 is 1.94 bits per heavy atom. The van der Waals surface area contributed by atoms with Crippen molar-refractivity contribution < 1.29 is 22.7 Å². The fraction of sp³-hybridized carbons (Fsp3) is 0.143. The minimum Gasteiger partial charge on any atom is -0.406 e. The summed E-state index contributed by atoms with van der Waals surface area (Å²) in [4.78, 5) is 16.8. The average molecular weight is 446 g/mol. The molecule has 3 aromatic rings. The maximum absolute atomic E-state index is 12.6. The highest BCUT2D eigenvalue weighted by Crippen LogP contribution is 2.25. The molecule has 0 aliphatic carbocycles. The lowest BCUT2D eigenvalue weighted by molar-refractivity contribution is -0.274. The molecule has 8 nitrogen and oxygen atoms in total. The van der Waals surface area contributed by atoms with Gasteiger partial charge in [0.15, 0.2) is 0 Å². The lowest BCUT2D eigenvalue weighted by Crippen LogP contribution is -2.26. The highest BCUT2D eigenvalue weighted by atomic mass is 19.4. The molecule has 0 unspecified atom stereocenters. The summed E-state index contributed by atoms with van der Waals surface area (Å²) in [6, 6.07) is 11.3. The number of hydrogen-bond acceptors (Lipinski definition) is 6. The molecule has 0 aliphatic heterocycles. The number of benzene rings is 2. The van der Waals surface area contributed by atoms with E-state index in [9.17, 15) is 18.0 Å². The predicted molar refractivity (Wildman–Crippen MR) is 114 cm³/mol. The van der Waals surface area contributed by atoms with Gasteiger partial charge in [-0.2, -0.15) is 0 Å². The number of ether oxygens (including phenoxy) is 1. The molecule has 3 rings (SSSR count). The number of halogens is 3. The molecule has 0 saturated carbocycles. The Morgan fingerprint density at radius 1 is 1.22 bits per heavy atom. The van der Waals surface area contributed by atoms with Crippen LogP contribution in [0.4, 0.5) is 24.5 Å². The van der Waals surface area contributed by atoms with Crippen LogP contribution >= 0.6 is 0 Å². The number of carbonyl (C=O) groups is 1. The number of carbonyl (C=O) groups excluding carboxylic acids is 1. The minimum absolute atomic E-state index is 0.141. The Bertz CT molecular complexity index is 1140. The van der Waals surface area contributed by atoms with E-state index in [2.05, 4.69) is 15.0 Å². The summed E-state index contributed by atoms with van der Waals surface area (Å²) in [6.07, 6.45) is -1.70. The first-order valence-corrected chi connectivity index (χ1v) is 9.30. The SMILES string of the molecule is Cc1ncn(C)c1/C(N)=C/N(N)c1cccc(C(=O)Nc2cccc(OC(F)(F)F)c2)c1. The van der Waals surface area contributed by atoms with Crippen molar-refractivity contribution in [3.63, 3.8) is 0 Å². The molecule has 0 saturated heterocycles. The van der Waals surface area contributed by atoms with Gasteiger partial charge in [0.2, 0.25) is 0 Å². The maximum Gasteiger partial charge on any atom is 0.573 e. The number of rotatable bonds is 6. The third-order valence-corrected chi connectivity index (χ3v) is 4.40. The number of hydrogen-bond donors (Lipinski definition) is 3. The number of aromatic nitrogens is 2. The molecule has 11 heteroatoms. The monoisotopic (exact) mass is 446 g/mol. The number of alkyl halides is 3. The van der Waals surface area contributed by atoms with Crippen LogP contribution in [0.15, 0.2) is 61.1 Å². The van der Waals surface area contributed by atoms with Gasteiger partial charge < -0.3 is 20.4 Å². The van der Waals surface area contributed by atoms with Crippen molar-refractivity contribution in [1.82, 2.24) is 9.55 Å². The lowest BCUT2D eigenvalue weighted by atomic mass is 10.1. The number of aryl methyl sites for hydroxylation is 2. The van der Waals surface area contributed by atoms with Gasteiger partial charge in [-0.15, -0.1) is 13.2 Å². The minimum atomic E-state index is -4.83. The second-order valence-electron chi connectivity index (χ2n) is 6.86. The summed E-state index contributed by atoms with van der Waals surface area (Å²) in [6.45, 7) is 1.82. The van der Waals surface area contributed by atoms with Gasteiger partial charge in [-0.3, -0.25) is 9.80 Å². The van der Waals surface area contributed by atoms with E-state index in [1.807, 2.05) is 6.92 Å². The van der Waals surface area contributed by atoms with Crippen molar-refractivity contribution in [2.24, 2.45) is 18.6 Å². The Kier molecular flexibility index (Phi) is 6.40. The second kappa shape index (κ2) is 9.02. The number of nitrogens with zero attached hydrogens (tertiary/aromatic N) is 3. The van der Waals surface area contributed by atoms with Gasteiger partial charge in [-0.25, -0.2) is 10.8 Å². The second-order valence-corrected chi connectivity index (χ2v) is 6.86. The van der Waals surface area contributed by atoms with Crippen LogP contribution in [0.1, 0.15) is 21.7 Å². The third-order valence-electron chi connectivity index (χ3n) is 4.40. The van der Waals surface area contributed by atoms with Gasteiger partial charge >= 0.3 is 6.36 Å². The molecule has 0 fully saturated rings. The van der Waals surface area contributed by atoms with Crippen LogP contribution in [-0.2, 0) is 7.05 Å². The molecular formula is C21H21F3N6O2. The van der Waals surface area contributed by atoms with Gasteiger partial charge in [-0.05, 0) is 37.3 Å². The van der Waals surface area contributed by atoms with Gasteiger partial charge in [0.25, 0.3) is 5.91 Å². The molecule has 1 amide bonds. The Balaban J connectivity index is 1.76. The zero-order valence-corrected chi connectivity index (χ0v) is 17.2. The highest BCUT2D eigenvalue weighted by Gasteiger charge is 2.31. The number of imidazole rings is 1. The van der Waals surface area contributed by atoms with Crippen molar-refractivity contribution in [3.05, 3.63) is 78.0 Å². The van der Waals surface area contributed by atoms with E-state index in [-0.39, 0.29) is 11.3 Å². The van der Waals surface area contributed by atoms with Crippen molar-refractivity contribution in [1.29, 1.82) is 0 Å². The molecule has 0 bridgehead atoms. The summed E-state index contributed by atoms with van der Waals surface area (Å²) in [5.74, 6) is 5.12. The summed E-state index contributed by atoms with van der Waals surface area (Å²) in [5, 5.41) is 3.79. The molecule has 1 heterocycles. The summed E-state index contributed by atoms with van der Waals surface area (Å²) < 4.78 is 42.8. The quantitative estimate of drug-likeness (QED) is 0.395. The molecular weight excluding hydrogens is 425 g/mol. The van der Waals surface area contributed by atoms with E-state index in [4.69, 9.17) is 11.6 Å². The molecule has 32 heavy (non-hydrogen) atoms. The molecule has 168 valence electrons. The van der Waals surface area contributed by atoms with Gasteiger partial charge in [0, 0.05) is 30.6 Å². The van der Waals surface area contributed by atoms with E-state index >= 15 is 0 Å². The summed E-state index contributed by atoms with van der Waals surface area (Å²) >= 11 is 0. The average Bonchev–Trinajstić information content (AvgIpc) is 3.05. The van der Waals surface area contributed by atoms with Gasteiger partial charge in [0.1, 0.15) is 5.75 Å². The van der Waals surface area contributed by atoms with E-state index in [0.29, 0.717) is 17.1 Å². The largest absolute Gasteiger partial charge is 0.573 e. The normalized spacial score (nSPS) is 11.9. The predicted octanol–water partition coefficient (Wildman–Crippen LogP) is 3.52. The van der Waals surface area contributed by atoms with Crippen LogP contribution in [0.3, 0.4) is 0 Å². The van der Waals surface area contributed by atoms with Crippen LogP contribution in [0, 0.1) is 6.92 Å². The molecule has 5 N–H and O–H groups in total. The van der Waals surface area contributed by atoms with E-state index in [1.54, 1.807) is 36.1 Å². The third kappa shape index (κ3) is 5.58. The van der Waals surface area contributed by atoms with Crippen LogP contribution in [-0.4, -0.2) is 21.8 Å². The zero-order chi connectivity index (χ0) is 23.5. The van der Waals surface area contributed by atoms with Crippen LogP contribution in [0.25, 0.3) is 5.70 Å². The van der Waals surface area contributed by atoms with Gasteiger partial charge in [-0.1, -0.05) is 12.1 Å². The standard InChI is InChI=1S/C21H21F3N6O2/c1-13-19(29(2)12-27-13)18(25)11-30(26)16-7-3-5-14(9-16)20(31)28-15-6-4-8-17(10-15)32-21(22,23)24/h3-12H,25-26H2,1-2H3,(H,28,31)/b18-11-. The first-order chi connectivity index (χ1) is 15.0. The maximum atomic E-state index is 12.6. The summed E-state index contributed by atoms with van der Waals surface area (Å²) in [7, 11) is 1.80. The van der Waals surface area contributed by atoms with Crippen molar-refractivity contribution in [2.75, 3.05) is 10.3 Å². The van der Waals surface area contributed by atoms with Crippen molar-refractivity contribution >= 4 is 23.0 Å². The topological polar surface area (TPSA) is 111 Å². The Morgan fingerprint density at radius 3 is 2.59 bits per heavy atom. The highest BCUT2D eigenvalue weighted by molar-refractivity contribution is 6.04. The molecule has 0 spiro atoms. The van der Waals surface area contributed by atoms with E-state index in [1.165, 1.54) is 29.4 Å². The van der Waals surface area contributed by atoms with Crippen LogP contribution in [0.2, 0.25) is 0 Å². The van der Waals surface area contributed by atoms with Gasteiger partial charge in [0.05, 0.1) is 29.1 Å². The fourth-order valence-electron chi connectivity index (χ4n) is 3.03. The number of amides is 1. The Hall–Kier alpha value is -3.99. The van der Waals surface area contributed by atoms with Crippen LogP contribution in [0.5, 0.6) is 5.75 Å². The van der Waals surface area contributed by atoms with Crippen LogP contribution < -0.4 is 26.6 Å². The number of nitrogens with two attached hydrogens (primary N) is 2. The zero-order valence-electron chi connectivity index (χ0n) is 17.2. The molecule has 2 aromatic carbocycles. The fourth-order valence-corrected chi connectivity index (χ4v) is 3.03. The van der Waals surface area contributed by atoms with Crippen molar-refractivity contribution in [2.45, 2.75) is 13.3 Å². The van der Waals surface area contributed by atoms with E-state index < -0.39 is 18.0 Å². The van der Waals surface area contributed by atoms with E-state index in [0.717, 1.165) is 17.8 Å².